The fourth-order valence-electron chi connectivity index (χ4n) is 2.08. The van der Waals surface area contributed by atoms with Gasteiger partial charge in [-0.3, -0.25) is 9.78 Å². The minimum absolute atomic E-state index is 0.0890. The third-order valence-electron chi connectivity index (χ3n) is 3.09. The summed E-state index contributed by atoms with van der Waals surface area (Å²) in [6.45, 7) is 3.02. The smallest absolute Gasteiger partial charge is 0.255 e. The lowest BCUT2D eigenvalue weighted by Crippen LogP contribution is -2.31. The topological polar surface area (TPSA) is 53.4 Å². The van der Waals surface area contributed by atoms with Crippen molar-refractivity contribution in [1.82, 2.24) is 9.88 Å². The van der Waals surface area contributed by atoms with E-state index in [1.54, 1.807) is 35.5 Å². The summed E-state index contributed by atoms with van der Waals surface area (Å²) in [5.41, 5.74) is 1.27. The van der Waals surface area contributed by atoms with Crippen molar-refractivity contribution in [2.24, 2.45) is 0 Å². The molecule has 0 saturated carbocycles. The van der Waals surface area contributed by atoms with E-state index < -0.39 is 0 Å². The number of amides is 1. The predicted octanol–water partition coefficient (Wildman–Crippen LogP) is 3.60. The molecule has 0 aliphatic rings. The standard InChI is InChI=1S/C16H17BrN2O2/c1-2-7-19(11-12-5-3-4-6-15(12)20)16(21)13-8-14(17)10-18-9-13/h3-6,8-10,20H,2,7,11H2,1H3. The number of benzene rings is 1. The highest BCUT2D eigenvalue weighted by molar-refractivity contribution is 9.10. The van der Waals surface area contributed by atoms with Gasteiger partial charge in [-0.25, -0.2) is 0 Å². The number of para-hydroxylation sites is 1. The zero-order chi connectivity index (χ0) is 15.2. The number of carbonyl (C=O) groups excluding carboxylic acids is 1. The van der Waals surface area contributed by atoms with Gasteiger partial charge < -0.3 is 10.0 Å². The second kappa shape index (κ2) is 7.22. The van der Waals surface area contributed by atoms with Crippen molar-refractivity contribution in [3.8, 4) is 5.75 Å². The third-order valence-corrected chi connectivity index (χ3v) is 3.52. The molecule has 2 rings (SSSR count). The third kappa shape index (κ3) is 4.04. The van der Waals surface area contributed by atoms with Gasteiger partial charge in [-0.05, 0) is 34.5 Å². The zero-order valence-corrected chi connectivity index (χ0v) is 13.4. The predicted molar refractivity (Wildman–Crippen MR) is 85.1 cm³/mol. The van der Waals surface area contributed by atoms with Crippen LogP contribution in [0.5, 0.6) is 5.75 Å². The fraction of sp³-hybridized carbons (Fsp3) is 0.250. The highest BCUT2D eigenvalue weighted by Crippen LogP contribution is 2.20. The molecule has 0 saturated heterocycles. The van der Waals surface area contributed by atoms with Crippen LogP contribution < -0.4 is 0 Å². The fourth-order valence-corrected chi connectivity index (χ4v) is 2.45. The van der Waals surface area contributed by atoms with Crippen LogP contribution in [0, 0.1) is 0 Å². The minimum Gasteiger partial charge on any atom is -0.508 e. The average molecular weight is 349 g/mol. The van der Waals surface area contributed by atoms with Gasteiger partial charge in [0.2, 0.25) is 0 Å². The monoisotopic (exact) mass is 348 g/mol. The number of carbonyl (C=O) groups is 1. The summed E-state index contributed by atoms with van der Waals surface area (Å²) in [4.78, 5) is 18.3. The van der Waals surface area contributed by atoms with Crippen molar-refractivity contribution in [2.75, 3.05) is 6.54 Å². The molecule has 0 aliphatic heterocycles. The maximum Gasteiger partial charge on any atom is 0.255 e. The molecule has 4 nitrogen and oxygen atoms in total. The van der Waals surface area contributed by atoms with Crippen LogP contribution in [0.15, 0.2) is 47.2 Å². The Morgan fingerprint density at radius 1 is 1.33 bits per heavy atom. The lowest BCUT2D eigenvalue weighted by atomic mass is 10.1. The van der Waals surface area contributed by atoms with E-state index in [0.717, 1.165) is 16.5 Å². The molecule has 0 aliphatic carbocycles. The summed E-state index contributed by atoms with van der Waals surface area (Å²) < 4.78 is 0.771. The summed E-state index contributed by atoms with van der Waals surface area (Å²) in [6, 6.07) is 8.82. The Morgan fingerprint density at radius 2 is 2.10 bits per heavy atom. The molecule has 1 heterocycles. The molecule has 0 spiro atoms. The highest BCUT2D eigenvalue weighted by Gasteiger charge is 2.17. The first-order valence-corrected chi connectivity index (χ1v) is 7.57. The van der Waals surface area contributed by atoms with Gasteiger partial charge in [-0.1, -0.05) is 25.1 Å². The van der Waals surface area contributed by atoms with Crippen LogP contribution in [0.2, 0.25) is 0 Å². The van der Waals surface area contributed by atoms with Crippen molar-refractivity contribution in [2.45, 2.75) is 19.9 Å². The number of halogens is 1. The number of nitrogens with zero attached hydrogens (tertiary/aromatic N) is 2. The number of hydrogen-bond donors (Lipinski definition) is 1. The molecule has 110 valence electrons. The Bertz CT molecular complexity index is 631. The largest absolute Gasteiger partial charge is 0.508 e. The molecule has 0 unspecified atom stereocenters. The number of rotatable bonds is 5. The molecule has 1 amide bonds. The average Bonchev–Trinajstić information content (AvgIpc) is 2.48. The summed E-state index contributed by atoms with van der Waals surface area (Å²) >= 11 is 3.32. The Labute approximate surface area is 132 Å². The first-order valence-electron chi connectivity index (χ1n) is 6.78. The SMILES string of the molecule is CCCN(Cc1ccccc1O)C(=O)c1cncc(Br)c1. The molecule has 2 aromatic rings. The minimum atomic E-state index is -0.0890. The van der Waals surface area contributed by atoms with Crippen molar-refractivity contribution in [1.29, 1.82) is 0 Å². The number of hydrogen-bond acceptors (Lipinski definition) is 3. The van der Waals surface area contributed by atoms with Crippen LogP contribution in [-0.4, -0.2) is 27.4 Å². The van der Waals surface area contributed by atoms with Crippen molar-refractivity contribution >= 4 is 21.8 Å². The van der Waals surface area contributed by atoms with Gasteiger partial charge in [0.05, 0.1) is 5.56 Å². The van der Waals surface area contributed by atoms with E-state index in [9.17, 15) is 9.90 Å². The first kappa shape index (κ1) is 15.5. The number of phenols is 1. The molecule has 0 fully saturated rings. The molecule has 5 heteroatoms. The molecule has 21 heavy (non-hydrogen) atoms. The van der Waals surface area contributed by atoms with E-state index in [2.05, 4.69) is 20.9 Å². The maximum atomic E-state index is 12.6. The molecule has 1 aromatic carbocycles. The maximum absolute atomic E-state index is 12.6. The van der Waals surface area contributed by atoms with Crippen LogP contribution in [-0.2, 0) is 6.54 Å². The Kier molecular flexibility index (Phi) is 5.33. The van der Waals surface area contributed by atoms with Crippen molar-refractivity contribution < 1.29 is 9.90 Å². The lowest BCUT2D eigenvalue weighted by molar-refractivity contribution is 0.0741. The molecule has 1 aromatic heterocycles. The summed E-state index contributed by atoms with van der Waals surface area (Å²) in [5, 5.41) is 9.87. The Balaban J connectivity index is 2.22. The Hall–Kier alpha value is -1.88. The van der Waals surface area contributed by atoms with Gasteiger partial charge in [0.15, 0.2) is 0 Å². The van der Waals surface area contributed by atoms with Crippen molar-refractivity contribution in [3.05, 3.63) is 58.3 Å². The number of aromatic nitrogens is 1. The van der Waals surface area contributed by atoms with Crippen LogP contribution in [0.4, 0.5) is 0 Å². The van der Waals surface area contributed by atoms with Gasteiger partial charge in [0, 0.05) is 35.5 Å². The number of aromatic hydroxyl groups is 1. The van der Waals surface area contributed by atoms with Crippen LogP contribution in [0.1, 0.15) is 29.3 Å². The summed E-state index contributed by atoms with van der Waals surface area (Å²) in [5.74, 6) is 0.118. The van der Waals surface area contributed by atoms with Crippen LogP contribution >= 0.6 is 15.9 Å². The molecular formula is C16H17BrN2O2. The van der Waals surface area contributed by atoms with E-state index in [0.29, 0.717) is 18.7 Å². The van der Waals surface area contributed by atoms with Gasteiger partial charge >= 0.3 is 0 Å². The van der Waals surface area contributed by atoms with E-state index >= 15 is 0 Å². The molecule has 0 radical (unpaired) electrons. The van der Waals surface area contributed by atoms with Gasteiger partial charge in [0.1, 0.15) is 5.75 Å². The molecule has 0 bridgehead atoms. The Morgan fingerprint density at radius 3 is 2.76 bits per heavy atom. The van der Waals surface area contributed by atoms with Gasteiger partial charge in [-0.15, -0.1) is 0 Å². The van der Waals surface area contributed by atoms with E-state index in [-0.39, 0.29) is 11.7 Å². The van der Waals surface area contributed by atoms with E-state index in [4.69, 9.17) is 0 Å². The van der Waals surface area contributed by atoms with Crippen LogP contribution in [0.25, 0.3) is 0 Å². The van der Waals surface area contributed by atoms with Crippen LogP contribution in [0.3, 0.4) is 0 Å². The summed E-state index contributed by atoms with van der Waals surface area (Å²) in [6.07, 6.45) is 4.05. The number of pyridine rings is 1. The highest BCUT2D eigenvalue weighted by atomic mass is 79.9. The van der Waals surface area contributed by atoms with E-state index in [1.165, 1.54) is 0 Å². The van der Waals surface area contributed by atoms with E-state index in [1.807, 2.05) is 19.1 Å². The number of phenolic OH excluding ortho intramolecular Hbond substituents is 1. The molecule has 0 atom stereocenters. The van der Waals surface area contributed by atoms with Gasteiger partial charge in [-0.2, -0.15) is 0 Å². The molecular weight excluding hydrogens is 332 g/mol. The summed E-state index contributed by atoms with van der Waals surface area (Å²) in [7, 11) is 0. The first-order chi connectivity index (χ1) is 10.1. The van der Waals surface area contributed by atoms with Gasteiger partial charge in [0.25, 0.3) is 5.91 Å². The normalized spacial score (nSPS) is 10.4. The quantitative estimate of drug-likeness (QED) is 0.897. The second-order valence-corrected chi connectivity index (χ2v) is 5.66. The second-order valence-electron chi connectivity index (χ2n) is 4.75. The zero-order valence-electron chi connectivity index (χ0n) is 11.8. The molecule has 1 N–H and O–H groups in total. The van der Waals surface area contributed by atoms with Crippen molar-refractivity contribution in [3.63, 3.8) is 0 Å². The lowest BCUT2D eigenvalue weighted by Gasteiger charge is -2.22.